The number of carbonyl (C=O) groups is 3. The first-order chi connectivity index (χ1) is 12.4. The van der Waals surface area contributed by atoms with Crippen molar-refractivity contribution in [2.24, 2.45) is 11.5 Å². The number of aromatic nitrogens is 1. The Hall–Kier alpha value is -2.39. The van der Waals surface area contributed by atoms with Crippen LogP contribution >= 0.6 is 0 Å². The number of hydrogen-bond donors (Lipinski definition) is 4. The Labute approximate surface area is 152 Å². The molecule has 0 aliphatic carbocycles. The Morgan fingerprint density at radius 2 is 1.92 bits per heavy atom. The summed E-state index contributed by atoms with van der Waals surface area (Å²) in [5, 5.41) is 2.75. The number of aromatic amines is 1. The number of nitrogens with two attached hydrogens (primary N) is 2. The highest BCUT2D eigenvalue weighted by Gasteiger charge is 2.18. The van der Waals surface area contributed by atoms with Crippen LogP contribution in [-0.4, -0.2) is 49.6 Å². The molecule has 1 atom stereocenters. The van der Waals surface area contributed by atoms with E-state index >= 15 is 0 Å². The number of H-pyrrole nitrogens is 1. The molecule has 0 aromatic carbocycles. The van der Waals surface area contributed by atoms with Crippen molar-refractivity contribution in [2.75, 3.05) is 20.8 Å². The summed E-state index contributed by atoms with van der Waals surface area (Å²) in [6.45, 7) is 0.671. The van der Waals surface area contributed by atoms with Crippen LogP contribution in [0.2, 0.25) is 0 Å². The largest absolute Gasteiger partial charge is 0.469 e. The Balaban J connectivity index is 2.79. The molecular formula is C17H28N4O5. The van der Waals surface area contributed by atoms with E-state index in [1.54, 1.807) is 6.20 Å². The molecule has 0 bridgehead atoms. The number of aryl methyl sites for hydroxylation is 1. The predicted octanol–water partition coefficient (Wildman–Crippen LogP) is -0.482. The molecule has 1 aromatic rings. The van der Waals surface area contributed by atoms with Gasteiger partial charge in [0.25, 0.3) is 0 Å². The number of rotatable bonds is 11. The summed E-state index contributed by atoms with van der Waals surface area (Å²) in [5.41, 5.74) is 13.4. The summed E-state index contributed by atoms with van der Waals surface area (Å²) in [5.74, 6) is -1.03. The van der Waals surface area contributed by atoms with Crippen LogP contribution in [0.3, 0.4) is 0 Å². The van der Waals surface area contributed by atoms with E-state index < -0.39 is 12.0 Å². The van der Waals surface area contributed by atoms with Crippen molar-refractivity contribution in [1.29, 1.82) is 0 Å². The predicted molar refractivity (Wildman–Crippen MR) is 95.0 cm³/mol. The lowest BCUT2D eigenvalue weighted by atomic mass is 10.0. The van der Waals surface area contributed by atoms with Crippen LogP contribution in [0.25, 0.3) is 0 Å². The number of hydrogen-bond acceptors (Lipinski definition) is 7. The standard InChI is InChI=1S/C17H28N4O5/c1-25-15(22)6-5-11-9-20-14(12(11)8-16(23)26-2)10-21-17(24)13(19)4-3-7-18/h9,13,20H,3-8,10,18-19H2,1-2H3,(H,21,24)/t13-/m0/s1. The third-order valence-electron chi connectivity index (χ3n) is 4.04. The van der Waals surface area contributed by atoms with Gasteiger partial charge >= 0.3 is 11.9 Å². The van der Waals surface area contributed by atoms with Gasteiger partial charge in [-0.25, -0.2) is 0 Å². The number of nitrogens with one attached hydrogen (secondary N) is 2. The van der Waals surface area contributed by atoms with E-state index in [-0.39, 0.29) is 31.3 Å². The zero-order valence-electron chi connectivity index (χ0n) is 15.3. The minimum absolute atomic E-state index is 0.0426. The summed E-state index contributed by atoms with van der Waals surface area (Å²) < 4.78 is 9.36. The fraction of sp³-hybridized carbons (Fsp3) is 0.588. The Morgan fingerprint density at radius 3 is 2.54 bits per heavy atom. The van der Waals surface area contributed by atoms with Gasteiger partial charge in [0.05, 0.1) is 33.2 Å². The average Bonchev–Trinajstić information content (AvgIpc) is 3.03. The van der Waals surface area contributed by atoms with E-state index in [2.05, 4.69) is 15.0 Å². The second-order valence-electron chi connectivity index (χ2n) is 5.86. The van der Waals surface area contributed by atoms with E-state index in [1.807, 2.05) is 0 Å². The third kappa shape index (κ3) is 6.85. The van der Waals surface area contributed by atoms with Crippen LogP contribution in [0.1, 0.15) is 36.1 Å². The highest BCUT2D eigenvalue weighted by atomic mass is 16.5. The van der Waals surface area contributed by atoms with E-state index in [1.165, 1.54) is 14.2 Å². The quantitative estimate of drug-likeness (QED) is 0.385. The lowest BCUT2D eigenvalue weighted by Crippen LogP contribution is -2.40. The maximum atomic E-state index is 12.0. The van der Waals surface area contributed by atoms with Crippen LogP contribution in [0.5, 0.6) is 0 Å². The third-order valence-corrected chi connectivity index (χ3v) is 4.04. The first kappa shape index (κ1) is 21.7. The van der Waals surface area contributed by atoms with E-state index in [0.717, 1.165) is 5.56 Å². The molecule has 146 valence electrons. The van der Waals surface area contributed by atoms with Crippen molar-refractivity contribution in [3.8, 4) is 0 Å². The molecule has 0 fully saturated rings. The smallest absolute Gasteiger partial charge is 0.310 e. The van der Waals surface area contributed by atoms with Gasteiger partial charge < -0.3 is 31.2 Å². The SMILES string of the molecule is COC(=O)CCc1c[nH]c(CNC(=O)[C@@H](N)CCCN)c1CC(=O)OC. The van der Waals surface area contributed by atoms with Crippen molar-refractivity contribution < 1.29 is 23.9 Å². The highest BCUT2D eigenvalue weighted by molar-refractivity contribution is 5.81. The van der Waals surface area contributed by atoms with Gasteiger partial charge in [0, 0.05) is 18.3 Å². The number of carbonyl (C=O) groups excluding carboxylic acids is 3. The summed E-state index contributed by atoms with van der Waals surface area (Å²) in [6.07, 6.45) is 3.55. The maximum absolute atomic E-state index is 12.0. The van der Waals surface area contributed by atoms with E-state index in [0.29, 0.717) is 37.1 Å². The zero-order valence-corrected chi connectivity index (χ0v) is 15.3. The van der Waals surface area contributed by atoms with Crippen LogP contribution < -0.4 is 16.8 Å². The summed E-state index contributed by atoms with van der Waals surface area (Å²) >= 11 is 0. The summed E-state index contributed by atoms with van der Waals surface area (Å²) in [6, 6.07) is -0.628. The van der Waals surface area contributed by atoms with Crippen molar-refractivity contribution >= 4 is 17.8 Å². The fourth-order valence-corrected chi connectivity index (χ4v) is 2.47. The minimum atomic E-state index is -0.628. The van der Waals surface area contributed by atoms with Crippen molar-refractivity contribution in [3.63, 3.8) is 0 Å². The molecule has 0 aliphatic heterocycles. The summed E-state index contributed by atoms with van der Waals surface area (Å²) in [7, 11) is 2.63. The number of esters is 2. The lowest BCUT2D eigenvalue weighted by Gasteiger charge is -2.12. The Morgan fingerprint density at radius 1 is 1.23 bits per heavy atom. The van der Waals surface area contributed by atoms with Gasteiger partial charge in [-0.2, -0.15) is 0 Å². The minimum Gasteiger partial charge on any atom is -0.469 e. The normalized spacial score (nSPS) is 11.7. The molecule has 0 saturated heterocycles. The Kier molecular flexibility index (Phi) is 9.38. The molecule has 1 amide bonds. The van der Waals surface area contributed by atoms with Gasteiger partial charge in [0.2, 0.25) is 5.91 Å². The number of amides is 1. The van der Waals surface area contributed by atoms with Crippen molar-refractivity contribution in [3.05, 3.63) is 23.0 Å². The molecule has 1 aromatic heterocycles. The first-order valence-corrected chi connectivity index (χ1v) is 8.47. The molecular weight excluding hydrogens is 340 g/mol. The number of methoxy groups -OCH3 is 2. The molecule has 0 unspecified atom stereocenters. The molecule has 9 heteroatoms. The molecule has 0 spiro atoms. The topological polar surface area (TPSA) is 150 Å². The fourth-order valence-electron chi connectivity index (χ4n) is 2.47. The number of ether oxygens (including phenoxy) is 2. The van der Waals surface area contributed by atoms with Crippen LogP contribution in [0.15, 0.2) is 6.20 Å². The first-order valence-electron chi connectivity index (χ1n) is 8.47. The molecule has 0 aliphatic rings. The molecule has 1 heterocycles. The molecule has 1 rings (SSSR count). The van der Waals surface area contributed by atoms with Crippen LogP contribution in [0.4, 0.5) is 0 Å². The zero-order chi connectivity index (χ0) is 19.5. The molecule has 0 saturated carbocycles. The molecule has 6 N–H and O–H groups in total. The van der Waals surface area contributed by atoms with Gasteiger partial charge in [-0.05, 0) is 36.9 Å². The molecule has 0 radical (unpaired) electrons. The summed E-state index contributed by atoms with van der Waals surface area (Å²) in [4.78, 5) is 38.1. The lowest BCUT2D eigenvalue weighted by molar-refractivity contribution is -0.141. The average molecular weight is 368 g/mol. The van der Waals surface area contributed by atoms with E-state index in [9.17, 15) is 14.4 Å². The van der Waals surface area contributed by atoms with E-state index in [4.69, 9.17) is 16.2 Å². The van der Waals surface area contributed by atoms with Gasteiger partial charge in [-0.3, -0.25) is 14.4 Å². The molecule has 26 heavy (non-hydrogen) atoms. The maximum Gasteiger partial charge on any atom is 0.310 e. The van der Waals surface area contributed by atoms with Crippen molar-refractivity contribution in [1.82, 2.24) is 10.3 Å². The van der Waals surface area contributed by atoms with Gasteiger partial charge in [-0.15, -0.1) is 0 Å². The van der Waals surface area contributed by atoms with Gasteiger partial charge in [-0.1, -0.05) is 0 Å². The monoisotopic (exact) mass is 368 g/mol. The van der Waals surface area contributed by atoms with Gasteiger partial charge in [0.1, 0.15) is 0 Å². The highest BCUT2D eigenvalue weighted by Crippen LogP contribution is 2.18. The second kappa shape index (κ2) is 11.3. The Bertz CT molecular complexity index is 614. The second-order valence-corrected chi connectivity index (χ2v) is 5.86. The van der Waals surface area contributed by atoms with Crippen molar-refractivity contribution in [2.45, 2.75) is 44.7 Å². The molecule has 9 nitrogen and oxygen atoms in total. The van der Waals surface area contributed by atoms with Crippen LogP contribution in [-0.2, 0) is 43.2 Å². The van der Waals surface area contributed by atoms with Gasteiger partial charge in [0.15, 0.2) is 0 Å². The van der Waals surface area contributed by atoms with Crippen LogP contribution in [0, 0.1) is 0 Å².